The highest BCUT2D eigenvalue weighted by atomic mass is 19.4. The Labute approximate surface area is 89.3 Å². The van der Waals surface area contributed by atoms with Crippen LogP contribution in [0.1, 0.15) is 18.4 Å². The highest BCUT2D eigenvalue weighted by molar-refractivity contribution is 5.93. The van der Waals surface area contributed by atoms with Crippen molar-refractivity contribution in [2.45, 2.75) is 19.6 Å². The van der Waals surface area contributed by atoms with Crippen molar-refractivity contribution in [3.05, 3.63) is 17.7 Å². The number of alkyl halides is 3. The lowest BCUT2D eigenvalue weighted by atomic mass is 10.5. The van der Waals surface area contributed by atoms with Gasteiger partial charge in [-0.2, -0.15) is 13.2 Å². The lowest BCUT2D eigenvalue weighted by Crippen LogP contribution is -2.21. The van der Waals surface area contributed by atoms with Gasteiger partial charge in [0.25, 0.3) is 5.91 Å². The van der Waals surface area contributed by atoms with E-state index in [1.54, 1.807) is 0 Å². The Hall–Kier alpha value is -1.97. The predicted molar refractivity (Wildman–Crippen MR) is 48.9 cm³/mol. The summed E-state index contributed by atoms with van der Waals surface area (Å²) in [5.41, 5.74) is -0.946. The van der Waals surface area contributed by atoms with Crippen LogP contribution in [0.15, 0.2) is 6.20 Å². The predicted octanol–water partition coefficient (Wildman–Crippen LogP) is 1.07. The maximum Gasteiger partial charge on any atom is 0.432 e. The first-order chi connectivity index (χ1) is 7.43. The smallest absolute Gasteiger partial charge is 0.338 e. The molecule has 0 aliphatic rings. The molecule has 0 bridgehead atoms. The fourth-order valence-electron chi connectivity index (χ4n) is 0.918. The lowest BCUT2D eigenvalue weighted by molar-refractivity contribution is -0.140. The molecule has 2 N–H and O–H groups in total. The second-order valence-electron chi connectivity index (χ2n) is 2.80. The Balaban J connectivity index is 2.59. The van der Waals surface area contributed by atoms with Crippen molar-refractivity contribution < 1.29 is 18.0 Å². The molecule has 86 valence electrons. The summed E-state index contributed by atoms with van der Waals surface area (Å²) >= 11 is 0. The van der Waals surface area contributed by atoms with Crippen LogP contribution in [0, 0.1) is 11.8 Å². The molecule has 0 unspecified atom stereocenters. The number of nitrogens with zero attached hydrogens (tertiary/aromatic N) is 1. The van der Waals surface area contributed by atoms with E-state index in [2.05, 4.69) is 27.1 Å². The molecule has 4 nitrogen and oxygen atoms in total. The standard InChI is InChI=1S/C9H8F3N3O/c1-2-3-8(16)14-5-7-13-4-6(15-7)9(10,11)12/h4H,5H2,1H3,(H,13,15)(H,14,16). The summed E-state index contributed by atoms with van der Waals surface area (Å²) in [6.45, 7) is 1.36. The zero-order valence-electron chi connectivity index (χ0n) is 8.27. The van der Waals surface area contributed by atoms with E-state index in [-0.39, 0.29) is 12.4 Å². The fourth-order valence-corrected chi connectivity index (χ4v) is 0.918. The van der Waals surface area contributed by atoms with E-state index in [0.717, 1.165) is 0 Å². The van der Waals surface area contributed by atoms with Gasteiger partial charge in [-0.25, -0.2) is 4.98 Å². The van der Waals surface area contributed by atoms with Crippen LogP contribution < -0.4 is 5.32 Å². The van der Waals surface area contributed by atoms with Gasteiger partial charge in [0, 0.05) is 0 Å². The number of carbonyl (C=O) groups is 1. The normalized spacial score (nSPS) is 10.5. The van der Waals surface area contributed by atoms with E-state index in [0.29, 0.717) is 6.20 Å². The number of aromatic nitrogens is 2. The molecule has 0 atom stereocenters. The van der Waals surface area contributed by atoms with E-state index in [1.165, 1.54) is 6.92 Å². The Morgan fingerprint density at radius 2 is 2.31 bits per heavy atom. The first-order valence-corrected chi connectivity index (χ1v) is 4.25. The topological polar surface area (TPSA) is 57.8 Å². The van der Waals surface area contributed by atoms with Crippen LogP contribution in [0.4, 0.5) is 13.2 Å². The van der Waals surface area contributed by atoms with Crippen LogP contribution in [-0.4, -0.2) is 15.9 Å². The third-order valence-corrected chi connectivity index (χ3v) is 1.59. The Morgan fingerprint density at radius 3 is 2.81 bits per heavy atom. The summed E-state index contributed by atoms with van der Waals surface area (Å²) in [4.78, 5) is 16.4. The van der Waals surface area contributed by atoms with E-state index in [1.807, 2.05) is 0 Å². The Morgan fingerprint density at radius 1 is 1.62 bits per heavy atom. The minimum atomic E-state index is -4.46. The number of hydrogen-bond donors (Lipinski definition) is 2. The highest BCUT2D eigenvalue weighted by Gasteiger charge is 2.32. The third-order valence-electron chi connectivity index (χ3n) is 1.59. The summed E-state index contributed by atoms with van der Waals surface area (Å²) in [6.07, 6.45) is -3.79. The minimum Gasteiger partial charge on any atom is -0.338 e. The van der Waals surface area contributed by atoms with Crippen molar-refractivity contribution in [3.63, 3.8) is 0 Å². The minimum absolute atomic E-state index is 0.0265. The molecule has 0 aliphatic carbocycles. The molecule has 0 saturated carbocycles. The largest absolute Gasteiger partial charge is 0.432 e. The second kappa shape index (κ2) is 4.70. The summed E-state index contributed by atoms with van der Waals surface area (Å²) in [5.74, 6) is 4.01. The fraction of sp³-hybridized carbons (Fsp3) is 0.333. The summed E-state index contributed by atoms with van der Waals surface area (Å²) in [7, 11) is 0. The van der Waals surface area contributed by atoms with Gasteiger partial charge < -0.3 is 10.3 Å². The van der Waals surface area contributed by atoms with Crippen LogP contribution in [0.25, 0.3) is 0 Å². The monoisotopic (exact) mass is 231 g/mol. The van der Waals surface area contributed by atoms with Crippen molar-refractivity contribution in [3.8, 4) is 11.8 Å². The number of carbonyl (C=O) groups excluding carboxylic acids is 1. The SMILES string of the molecule is CC#CC(=O)NCc1ncc(C(F)(F)F)[nH]1. The van der Waals surface area contributed by atoms with Crippen LogP contribution in [0.3, 0.4) is 0 Å². The molecule has 0 aliphatic heterocycles. The summed E-state index contributed by atoms with van der Waals surface area (Å²) < 4.78 is 36.4. The van der Waals surface area contributed by atoms with Crippen LogP contribution in [-0.2, 0) is 17.5 Å². The Bertz CT molecular complexity index is 439. The van der Waals surface area contributed by atoms with Crippen molar-refractivity contribution in [2.75, 3.05) is 0 Å². The third kappa shape index (κ3) is 3.31. The van der Waals surface area contributed by atoms with Crippen LogP contribution in [0.5, 0.6) is 0 Å². The maximum atomic E-state index is 12.1. The van der Waals surface area contributed by atoms with Gasteiger partial charge in [0.05, 0.1) is 12.7 Å². The first-order valence-electron chi connectivity index (χ1n) is 4.25. The number of nitrogens with one attached hydrogen (secondary N) is 2. The van der Waals surface area contributed by atoms with Gasteiger partial charge in [0.15, 0.2) is 0 Å². The Kier molecular flexibility index (Phi) is 3.55. The zero-order valence-corrected chi connectivity index (χ0v) is 8.27. The molecule has 1 heterocycles. The lowest BCUT2D eigenvalue weighted by Gasteiger charge is -2.01. The number of imidazole rings is 1. The maximum absolute atomic E-state index is 12.1. The average molecular weight is 231 g/mol. The van der Waals surface area contributed by atoms with Gasteiger partial charge in [-0.1, -0.05) is 5.92 Å². The van der Waals surface area contributed by atoms with Gasteiger partial charge in [0.2, 0.25) is 0 Å². The van der Waals surface area contributed by atoms with E-state index < -0.39 is 17.8 Å². The van der Waals surface area contributed by atoms with Crippen LogP contribution in [0.2, 0.25) is 0 Å². The van der Waals surface area contributed by atoms with Crippen LogP contribution >= 0.6 is 0 Å². The van der Waals surface area contributed by atoms with Gasteiger partial charge in [0.1, 0.15) is 11.5 Å². The molecule has 0 spiro atoms. The number of aromatic amines is 1. The van der Waals surface area contributed by atoms with Gasteiger partial charge in [-0.15, -0.1) is 0 Å². The number of rotatable bonds is 2. The molecule has 0 saturated heterocycles. The summed E-state index contributed by atoms with van der Waals surface area (Å²) in [6, 6.07) is 0. The zero-order chi connectivity index (χ0) is 12.2. The van der Waals surface area contributed by atoms with Gasteiger partial charge in [-0.05, 0) is 12.8 Å². The van der Waals surface area contributed by atoms with Gasteiger partial charge in [-0.3, -0.25) is 4.79 Å². The van der Waals surface area contributed by atoms with E-state index >= 15 is 0 Å². The number of H-pyrrole nitrogens is 1. The molecule has 1 aromatic rings. The number of halogens is 3. The molecule has 1 amide bonds. The second-order valence-corrected chi connectivity index (χ2v) is 2.80. The molecular formula is C9H8F3N3O. The molecule has 0 radical (unpaired) electrons. The molecule has 1 rings (SSSR count). The molecule has 0 fully saturated rings. The molecule has 7 heteroatoms. The van der Waals surface area contributed by atoms with Gasteiger partial charge >= 0.3 is 6.18 Å². The molecule has 0 aromatic carbocycles. The molecule has 16 heavy (non-hydrogen) atoms. The van der Waals surface area contributed by atoms with Crippen molar-refractivity contribution in [2.24, 2.45) is 0 Å². The van der Waals surface area contributed by atoms with Crippen molar-refractivity contribution in [1.82, 2.24) is 15.3 Å². The average Bonchev–Trinajstić information content (AvgIpc) is 2.63. The summed E-state index contributed by atoms with van der Waals surface area (Å²) in [5, 5.41) is 2.29. The quantitative estimate of drug-likeness (QED) is 0.748. The van der Waals surface area contributed by atoms with E-state index in [4.69, 9.17) is 0 Å². The first kappa shape index (κ1) is 12.1. The number of hydrogen-bond acceptors (Lipinski definition) is 2. The molecular weight excluding hydrogens is 223 g/mol. The van der Waals surface area contributed by atoms with E-state index in [9.17, 15) is 18.0 Å². The molecule has 1 aromatic heterocycles. The number of amides is 1. The van der Waals surface area contributed by atoms with Crippen molar-refractivity contribution >= 4 is 5.91 Å². The van der Waals surface area contributed by atoms with Crippen molar-refractivity contribution in [1.29, 1.82) is 0 Å². The highest BCUT2D eigenvalue weighted by Crippen LogP contribution is 2.27.